The number of carboxylic acid groups (broad SMARTS) is 1. The standard InChI is InChI=1S/C12H14O2/c13-12(14)11(8-9-6-7-9)10-4-2-1-3-5-10/h1-5,9,11H,6-8H2,(H,13,14)/t11-/m0/s1. The molecule has 74 valence electrons. The summed E-state index contributed by atoms with van der Waals surface area (Å²) >= 11 is 0. The quantitative estimate of drug-likeness (QED) is 0.792. The van der Waals surface area contributed by atoms with Crippen LogP contribution in [0.25, 0.3) is 0 Å². The molecule has 0 saturated heterocycles. The fourth-order valence-corrected chi connectivity index (χ4v) is 1.75. The van der Waals surface area contributed by atoms with Crippen molar-refractivity contribution >= 4 is 5.97 Å². The lowest BCUT2D eigenvalue weighted by atomic mass is 9.94. The highest BCUT2D eigenvalue weighted by molar-refractivity contribution is 5.76. The van der Waals surface area contributed by atoms with Crippen LogP contribution in [0, 0.1) is 5.92 Å². The predicted molar refractivity (Wildman–Crippen MR) is 54.2 cm³/mol. The number of rotatable bonds is 4. The molecule has 0 bridgehead atoms. The summed E-state index contributed by atoms with van der Waals surface area (Å²) in [5, 5.41) is 9.10. The Kier molecular flexibility index (Phi) is 2.53. The molecule has 0 aliphatic heterocycles. The van der Waals surface area contributed by atoms with Crippen molar-refractivity contribution in [1.29, 1.82) is 0 Å². The maximum absolute atomic E-state index is 11.1. The van der Waals surface area contributed by atoms with Crippen LogP contribution in [0.4, 0.5) is 0 Å². The first-order chi connectivity index (χ1) is 6.77. The smallest absolute Gasteiger partial charge is 0.310 e. The summed E-state index contributed by atoms with van der Waals surface area (Å²) in [4.78, 5) is 11.1. The minimum atomic E-state index is -0.692. The lowest BCUT2D eigenvalue weighted by Crippen LogP contribution is -2.12. The Bertz CT molecular complexity index is 314. The van der Waals surface area contributed by atoms with Crippen molar-refractivity contribution in [2.75, 3.05) is 0 Å². The molecule has 0 amide bonds. The van der Waals surface area contributed by atoms with Crippen LogP contribution < -0.4 is 0 Å². The third kappa shape index (κ3) is 2.13. The predicted octanol–water partition coefficient (Wildman–Crippen LogP) is 2.65. The van der Waals surface area contributed by atoms with Crippen LogP contribution in [0.5, 0.6) is 0 Å². The van der Waals surface area contributed by atoms with E-state index in [1.165, 1.54) is 12.8 Å². The highest BCUT2D eigenvalue weighted by Crippen LogP contribution is 2.38. The van der Waals surface area contributed by atoms with Crippen LogP contribution in [0.2, 0.25) is 0 Å². The molecule has 0 aromatic heterocycles. The molecule has 2 nitrogen and oxygen atoms in total. The zero-order valence-corrected chi connectivity index (χ0v) is 8.02. The second-order valence-electron chi connectivity index (χ2n) is 3.98. The van der Waals surface area contributed by atoms with Crippen LogP contribution in [-0.2, 0) is 4.79 Å². The molecule has 14 heavy (non-hydrogen) atoms. The Morgan fingerprint density at radius 3 is 2.50 bits per heavy atom. The second kappa shape index (κ2) is 3.82. The molecule has 0 spiro atoms. The Morgan fingerprint density at radius 1 is 1.36 bits per heavy atom. The molecule has 1 saturated carbocycles. The van der Waals surface area contributed by atoms with Gasteiger partial charge in [-0.1, -0.05) is 43.2 Å². The molecule has 1 aromatic rings. The maximum Gasteiger partial charge on any atom is 0.310 e. The number of carboxylic acids is 1. The first kappa shape index (κ1) is 9.25. The summed E-state index contributed by atoms with van der Waals surface area (Å²) in [6.07, 6.45) is 3.21. The first-order valence-electron chi connectivity index (χ1n) is 5.05. The van der Waals surface area contributed by atoms with E-state index in [4.69, 9.17) is 5.11 Å². The van der Waals surface area contributed by atoms with Gasteiger partial charge >= 0.3 is 5.97 Å². The maximum atomic E-state index is 11.1. The van der Waals surface area contributed by atoms with E-state index < -0.39 is 5.97 Å². The van der Waals surface area contributed by atoms with Crippen molar-refractivity contribution in [3.63, 3.8) is 0 Å². The highest BCUT2D eigenvalue weighted by atomic mass is 16.4. The largest absolute Gasteiger partial charge is 0.481 e. The van der Waals surface area contributed by atoms with Gasteiger partial charge in [0.2, 0.25) is 0 Å². The molecule has 1 fully saturated rings. The van der Waals surface area contributed by atoms with Crippen LogP contribution in [0.3, 0.4) is 0 Å². The fourth-order valence-electron chi connectivity index (χ4n) is 1.75. The van der Waals surface area contributed by atoms with Gasteiger partial charge in [-0.2, -0.15) is 0 Å². The Balaban J connectivity index is 2.13. The molecular weight excluding hydrogens is 176 g/mol. The zero-order chi connectivity index (χ0) is 9.97. The van der Waals surface area contributed by atoms with Crippen LogP contribution >= 0.6 is 0 Å². The van der Waals surface area contributed by atoms with Gasteiger partial charge in [-0.25, -0.2) is 0 Å². The number of hydrogen-bond donors (Lipinski definition) is 1. The van der Waals surface area contributed by atoms with E-state index in [9.17, 15) is 4.79 Å². The van der Waals surface area contributed by atoms with Gasteiger partial charge in [0.15, 0.2) is 0 Å². The molecular formula is C12H14O2. The van der Waals surface area contributed by atoms with Crippen LogP contribution in [-0.4, -0.2) is 11.1 Å². The molecule has 2 rings (SSSR count). The zero-order valence-electron chi connectivity index (χ0n) is 8.02. The first-order valence-corrected chi connectivity index (χ1v) is 5.05. The Labute approximate surface area is 83.6 Å². The summed E-state index contributed by atoms with van der Waals surface area (Å²) < 4.78 is 0. The van der Waals surface area contributed by atoms with E-state index >= 15 is 0 Å². The number of aliphatic carboxylic acids is 1. The van der Waals surface area contributed by atoms with Gasteiger partial charge in [0.25, 0.3) is 0 Å². The summed E-state index contributed by atoms with van der Waals surface area (Å²) in [5.74, 6) is -0.344. The van der Waals surface area contributed by atoms with E-state index in [2.05, 4.69) is 0 Å². The molecule has 1 N–H and O–H groups in total. The molecule has 1 atom stereocenters. The van der Waals surface area contributed by atoms with Gasteiger partial charge in [0.05, 0.1) is 5.92 Å². The van der Waals surface area contributed by atoms with Gasteiger partial charge < -0.3 is 5.11 Å². The molecule has 1 aliphatic carbocycles. The Hall–Kier alpha value is -1.31. The Morgan fingerprint density at radius 2 is 2.00 bits per heavy atom. The molecule has 1 aliphatic rings. The van der Waals surface area contributed by atoms with Gasteiger partial charge in [0, 0.05) is 0 Å². The van der Waals surface area contributed by atoms with Crippen LogP contribution in [0.1, 0.15) is 30.7 Å². The topological polar surface area (TPSA) is 37.3 Å². The lowest BCUT2D eigenvalue weighted by Gasteiger charge is -2.11. The summed E-state index contributed by atoms with van der Waals surface area (Å²) in [7, 11) is 0. The van der Waals surface area contributed by atoms with E-state index in [0.29, 0.717) is 5.92 Å². The molecule has 0 heterocycles. The minimum absolute atomic E-state index is 0.302. The highest BCUT2D eigenvalue weighted by Gasteiger charge is 2.29. The summed E-state index contributed by atoms with van der Waals surface area (Å²) in [6.45, 7) is 0. The SMILES string of the molecule is O=C(O)[C@@H](CC1CC1)c1ccccc1. The second-order valence-corrected chi connectivity index (χ2v) is 3.98. The molecule has 2 heteroatoms. The monoisotopic (exact) mass is 190 g/mol. The van der Waals surface area contributed by atoms with Crippen molar-refractivity contribution in [3.05, 3.63) is 35.9 Å². The normalized spacial score (nSPS) is 17.7. The summed E-state index contributed by atoms with van der Waals surface area (Å²) in [6, 6.07) is 9.53. The molecule has 0 unspecified atom stereocenters. The van der Waals surface area contributed by atoms with E-state index in [1.54, 1.807) is 0 Å². The van der Waals surface area contributed by atoms with Gasteiger partial charge in [0.1, 0.15) is 0 Å². The van der Waals surface area contributed by atoms with Gasteiger partial charge in [-0.3, -0.25) is 4.79 Å². The molecule has 0 radical (unpaired) electrons. The van der Waals surface area contributed by atoms with Crippen molar-refractivity contribution in [2.24, 2.45) is 5.92 Å². The van der Waals surface area contributed by atoms with E-state index in [1.807, 2.05) is 30.3 Å². The number of benzene rings is 1. The van der Waals surface area contributed by atoms with Crippen molar-refractivity contribution < 1.29 is 9.90 Å². The molecule has 1 aromatic carbocycles. The minimum Gasteiger partial charge on any atom is -0.481 e. The van der Waals surface area contributed by atoms with E-state index in [0.717, 1.165) is 12.0 Å². The summed E-state index contributed by atoms with van der Waals surface area (Å²) in [5.41, 5.74) is 0.937. The van der Waals surface area contributed by atoms with Crippen molar-refractivity contribution in [3.8, 4) is 0 Å². The lowest BCUT2D eigenvalue weighted by molar-refractivity contribution is -0.139. The van der Waals surface area contributed by atoms with Crippen molar-refractivity contribution in [2.45, 2.75) is 25.2 Å². The van der Waals surface area contributed by atoms with Gasteiger partial charge in [-0.15, -0.1) is 0 Å². The van der Waals surface area contributed by atoms with Crippen LogP contribution in [0.15, 0.2) is 30.3 Å². The number of hydrogen-bond acceptors (Lipinski definition) is 1. The van der Waals surface area contributed by atoms with Gasteiger partial charge in [-0.05, 0) is 17.9 Å². The fraction of sp³-hybridized carbons (Fsp3) is 0.417. The number of carbonyl (C=O) groups is 1. The average Bonchev–Trinajstić information content (AvgIpc) is 2.99. The third-order valence-corrected chi connectivity index (χ3v) is 2.77. The van der Waals surface area contributed by atoms with Crippen molar-refractivity contribution in [1.82, 2.24) is 0 Å². The van der Waals surface area contributed by atoms with E-state index in [-0.39, 0.29) is 5.92 Å². The average molecular weight is 190 g/mol. The third-order valence-electron chi connectivity index (χ3n) is 2.77.